The molecule has 1 atom stereocenters. The smallest absolute Gasteiger partial charge is 0.223 e. The van der Waals surface area contributed by atoms with Gasteiger partial charge in [0, 0.05) is 19.7 Å². The molecule has 50 valence electrons. The van der Waals surface area contributed by atoms with E-state index < -0.39 is 6.35 Å². The van der Waals surface area contributed by atoms with Crippen LogP contribution in [-0.4, -0.2) is 30.6 Å². The van der Waals surface area contributed by atoms with E-state index in [0.29, 0.717) is 6.42 Å². The van der Waals surface area contributed by atoms with Gasteiger partial charge in [0.05, 0.1) is 0 Å². The van der Waals surface area contributed by atoms with E-state index in [1.54, 1.807) is 13.3 Å². The topological polar surface area (TPSA) is 57.0 Å². The number of aliphatic hydroxyl groups is 1. The lowest BCUT2D eigenvalue weighted by atomic mass is 10.4. The Hall–Kier alpha value is -0.900. The summed E-state index contributed by atoms with van der Waals surface area (Å²) in [5.74, 6) is 0.775. The molecule has 1 rings (SSSR count). The summed E-state index contributed by atoms with van der Waals surface area (Å²) in [6.45, 7) is 0. The van der Waals surface area contributed by atoms with Crippen molar-refractivity contribution >= 4 is 12.1 Å². The van der Waals surface area contributed by atoms with Gasteiger partial charge in [-0.25, -0.2) is 4.99 Å². The van der Waals surface area contributed by atoms with E-state index in [2.05, 4.69) is 15.3 Å². The van der Waals surface area contributed by atoms with Crippen molar-refractivity contribution in [3.05, 3.63) is 0 Å². The number of aliphatic hydroxyl groups excluding tert-OH is 1. The van der Waals surface area contributed by atoms with Crippen molar-refractivity contribution < 1.29 is 5.11 Å². The molecule has 1 aliphatic heterocycles. The number of aliphatic imine (C=N–C) groups is 2. The molecule has 0 amide bonds. The van der Waals surface area contributed by atoms with Gasteiger partial charge in [0.2, 0.25) is 6.35 Å². The SMILES string of the molecule is CN=C1CC=NC(O)N1. The third-order valence-electron chi connectivity index (χ3n) is 1.10. The molecule has 4 heteroatoms. The molecule has 2 N–H and O–H groups in total. The molecule has 0 saturated carbocycles. The molecular weight excluding hydrogens is 118 g/mol. The quantitative estimate of drug-likeness (QED) is 0.454. The number of hydrogen-bond donors (Lipinski definition) is 2. The van der Waals surface area contributed by atoms with Crippen molar-refractivity contribution in [2.45, 2.75) is 12.8 Å². The van der Waals surface area contributed by atoms with E-state index in [9.17, 15) is 0 Å². The zero-order valence-corrected chi connectivity index (χ0v) is 5.20. The second-order valence-electron chi connectivity index (χ2n) is 1.72. The molecule has 0 aromatic heterocycles. The third kappa shape index (κ3) is 1.50. The molecule has 0 fully saturated rings. The van der Waals surface area contributed by atoms with Crippen LogP contribution in [0.3, 0.4) is 0 Å². The summed E-state index contributed by atoms with van der Waals surface area (Å²) < 4.78 is 0. The van der Waals surface area contributed by atoms with E-state index in [-0.39, 0.29) is 0 Å². The van der Waals surface area contributed by atoms with E-state index in [4.69, 9.17) is 5.11 Å². The Labute approximate surface area is 53.3 Å². The lowest BCUT2D eigenvalue weighted by Crippen LogP contribution is -2.36. The van der Waals surface area contributed by atoms with E-state index in [0.717, 1.165) is 5.84 Å². The zero-order valence-electron chi connectivity index (χ0n) is 5.20. The number of amidine groups is 1. The highest BCUT2D eigenvalue weighted by Crippen LogP contribution is 1.90. The van der Waals surface area contributed by atoms with Gasteiger partial charge in [0.15, 0.2) is 0 Å². The van der Waals surface area contributed by atoms with Crippen molar-refractivity contribution in [3.63, 3.8) is 0 Å². The Kier molecular flexibility index (Phi) is 1.79. The van der Waals surface area contributed by atoms with Crippen LogP contribution in [0.5, 0.6) is 0 Å². The van der Waals surface area contributed by atoms with Crippen LogP contribution < -0.4 is 5.32 Å². The Morgan fingerprint density at radius 2 is 2.78 bits per heavy atom. The summed E-state index contributed by atoms with van der Waals surface area (Å²) in [6.07, 6.45) is 1.54. The van der Waals surface area contributed by atoms with Gasteiger partial charge in [0.25, 0.3) is 0 Å². The average Bonchev–Trinajstić information content (AvgIpc) is 1.88. The van der Waals surface area contributed by atoms with Crippen LogP contribution in [0.4, 0.5) is 0 Å². The largest absolute Gasteiger partial charge is 0.355 e. The van der Waals surface area contributed by atoms with Crippen molar-refractivity contribution in [2.24, 2.45) is 9.98 Å². The lowest BCUT2D eigenvalue weighted by Gasteiger charge is -2.14. The Morgan fingerprint density at radius 3 is 3.22 bits per heavy atom. The van der Waals surface area contributed by atoms with Gasteiger partial charge >= 0.3 is 0 Å². The highest BCUT2D eigenvalue weighted by molar-refractivity contribution is 5.95. The molecule has 0 bridgehead atoms. The monoisotopic (exact) mass is 127 g/mol. The first kappa shape index (κ1) is 6.22. The van der Waals surface area contributed by atoms with Crippen molar-refractivity contribution in [1.82, 2.24) is 5.32 Å². The van der Waals surface area contributed by atoms with Crippen LogP contribution in [0.1, 0.15) is 6.42 Å². The molecule has 0 spiro atoms. The fraction of sp³-hybridized carbons (Fsp3) is 0.600. The summed E-state index contributed by atoms with van der Waals surface area (Å²) >= 11 is 0. The summed E-state index contributed by atoms with van der Waals surface area (Å²) in [7, 11) is 1.67. The van der Waals surface area contributed by atoms with Gasteiger partial charge < -0.3 is 10.4 Å². The average molecular weight is 127 g/mol. The molecule has 1 heterocycles. The predicted molar refractivity (Wildman–Crippen MR) is 35.6 cm³/mol. The summed E-state index contributed by atoms with van der Waals surface area (Å²) in [6, 6.07) is 0. The van der Waals surface area contributed by atoms with Gasteiger partial charge in [-0.1, -0.05) is 0 Å². The maximum atomic E-state index is 8.82. The zero-order chi connectivity index (χ0) is 6.69. The molecule has 9 heavy (non-hydrogen) atoms. The second-order valence-corrected chi connectivity index (χ2v) is 1.72. The van der Waals surface area contributed by atoms with E-state index >= 15 is 0 Å². The summed E-state index contributed by atoms with van der Waals surface area (Å²) in [4.78, 5) is 7.52. The molecule has 4 nitrogen and oxygen atoms in total. The van der Waals surface area contributed by atoms with Crippen molar-refractivity contribution in [2.75, 3.05) is 7.05 Å². The fourth-order valence-corrected chi connectivity index (χ4v) is 0.640. The Morgan fingerprint density at radius 1 is 2.00 bits per heavy atom. The van der Waals surface area contributed by atoms with E-state index in [1.165, 1.54) is 0 Å². The first-order valence-corrected chi connectivity index (χ1v) is 2.75. The Bertz CT molecular complexity index is 152. The molecule has 0 saturated heterocycles. The lowest BCUT2D eigenvalue weighted by molar-refractivity contribution is 0.168. The number of rotatable bonds is 0. The van der Waals surface area contributed by atoms with Crippen LogP contribution in [0.25, 0.3) is 0 Å². The van der Waals surface area contributed by atoms with Gasteiger partial charge in [-0.2, -0.15) is 0 Å². The van der Waals surface area contributed by atoms with Crippen LogP contribution in [-0.2, 0) is 0 Å². The highest BCUT2D eigenvalue weighted by atomic mass is 16.3. The molecule has 1 unspecified atom stereocenters. The molecule has 0 aromatic rings. The minimum atomic E-state index is -0.794. The van der Waals surface area contributed by atoms with Crippen molar-refractivity contribution in [3.8, 4) is 0 Å². The first-order chi connectivity index (χ1) is 4.33. The minimum Gasteiger partial charge on any atom is -0.355 e. The number of nitrogens with one attached hydrogen (secondary N) is 1. The molecular formula is C5H9N3O. The van der Waals surface area contributed by atoms with Crippen LogP contribution in [0.2, 0.25) is 0 Å². The highest BCUT2D eigenvalue weighted by Gasteiger charge is 2.06. The summed E-state index contributed by atoms with van der Waals surface area (Å²) in [5.41, 5.74) is 0. The van der Waals surface area contributed by atoms with Crippen molar-refractivity contribution in [1.29, 1.82) is 0 Å². The second kappa shape index (κ2) is 2.59. The van der Waals surface area contributed by atoms with Gasteiger partial charge in [-0.15, -0.1) is 0 Å². The summed E-state index contributed by atoms with van der Waals surface area (Å²) in [5, 5.41) is 11.5. The molecule has 0 aromatic carbocycles. The van der Waals surface area contributed by atoms with Gasteiger partial charge in [0.1, 0.15) is 5.84 Å². The third-order valence-corrected chi connectivity index (χ3v) is 1.10. The molecule has 0 radical (unpaired) electrons. The van der Waals surface area contributed by atoms with E-state index in [1.807, 2.05) is 0 Å². The maximum Gasteiger partial charge on any atom is 0.223 e. The maximum absolute atomic E-state index is 8.82. The van der Waals surface area contributed by atoms with Gasteiger partial charge in [-0.3, -0.25) is 4.99 Å². The normalized spacial score (nSPS) is 30.4. The standard InChI is InChI=1S/C5H9N3O/c1-6-4-2-3-7-5(9)8-4/h3,5,9H,2H2,1H3,(H,6,8). The Balaban J connectivity index is 2.58. The molecule has 1 aliphatic rings. The number of nitrogens with zero attached hydrogens (tertiary/aromatic N) is 2. The minimum absolute atomic E-state index is 0.688. The predicted octanol–water partition coefficient (Wildman–Crippen LogP) is -0.645. The molecule has 0 aliphatic carbocycles. The fourth-order valence-electron chi connectivity index (χ4n) is 0.640. The first-order valence-electron chi connectivity index (χ1n) is 2.75. The van der Waals surface area contributed by atoms with Crippen LogP contribution in [0.15, 0.2) is 9.98 Å². The van der Waals surface area contributed by atoms with Crippen LogP contribution in [0, 0.1) is 0 Å². The van der Waals surface area contributed by atoms with Crippen LogP contribution >= 0.6 is 0 Å². The van der Waals surface area contributed by atoms with Gasteiger partial charge in [-0.05, 0) is 0 Å². The number of hydrogen-bond acceptors (Lipinski definition) is 3.